The Kier molecular flexibility index (Phi) is 5.93. The zero-order valence-electron chi connectivity index (χ0n) is 14.7. The van der Waals surface area contributed by atoms with E-state index in [-0.39, 0.29) is 0 Å². The van der Waals surface area contributed by atoms with Crippen LogP contribution in [0.5, 0.6) is 0 Å². The summed E-state index contributed by atoms with van der Waals surface area (Å²) in [5.41, 5.74) is 2.23. The summed E-state index contributed by atoms with van der Waals surface area (Å²) in [5.74, 6) is 0. The van der Waals surface area contributed by atoms with Gasteiger partial charge < -0.3 is 4.65 Å². The van der Waals surface area contributed by atoms with Crippen LogP contribution in [0.15, 0.2) is 0 Å². The van der Waals surface area contributed by atoms with Gasteiger partial charge in [0.15, 0.2) is 0 Å². The molecule has 18 heavy (non-hydrogen) atoms. The van der Waals surface area contributed by atoms with Gasteiger partial charge in [-0.05, 0) is 8.24 Å². The zero-order chi connectivity index (χ0) is 14.9. The monoisotopic (exact) mass is 286 g/mol. The van der Waals surface area contributed by atoms with Gasteiger partial charge in [-0.2, -0.15) is 0 Å². The normalized spacial score (nSPS) is 15.0. The molecule has 1 nitrogen and oxygen atoms in total. The van der Waals surface area contributed by atoms with Crippen LogP contribution >= 0.6 is 0 Å². The highest BCUT2D eigenvalue weighted by atomic mass is 28.4. The topological polar surface area (TPSA) is 14.1 Å². The largest absolute Gasteiger partial charge is 0.666 e. The molecule has 0 aromatic carbocycles. The van der Waals surface area contributed by atoms with E-state index in [4.69, 9.17) is 4.65 Å². The highest BCUT2D eigenvalue weighted by molar-refractivity contribution is 7.05. The Balaban J connectivity index is 5.52. The highest BCUT2D eigenvalue weighted by Gasteiger charge is 2.38. The van der Waals surface area contributed by atoms with Crippen LogP contribution in [-0.2, 0) is 0 Å². The zero-order valence-corrected chi connectivity index (χ0v) is 16.7. The maximum Gasteiger partial charge on any atom is -0.0484 e. The van der Waals surface area contributed by atoms with E-state index in [1.807, 2.05) is 0 Å². The quantitative estimate of drug-likeness (QED) is 0.509. The van der Waals surface area contributed by atoms with Crippen LogP contribution in [0.1, 0.15) is 62.3 Å². The molecule has 0 bridgehead atoms. The van der Waals surface area contributed by atoms with Crippen molar-refractivity contribution < 1.29 is 0 Å². The standard InChI is InChI=1S/C15H36NSi2/c1-12(2)18(13(3)4,14(5)6)16-17(10,11)15(7,8)9/h12-14H,1-11H3/q-1. The van der Waals surface area contributed by atoms with Crippen molar-refractivity contribution in [1.29, 1.82) is 0 Å². The first-order valence-electron chi connectivity index (χ1n) is 7.53. The predicted molar refractivity (Wildman–Crippen MR) is 91.6 cm³/mol. The molecule has 0 heterocycles. The van der Waals surface area contributed by atoms with Gasteiger partial charge in [-0.25, -0.2) is 0 Å². The lowest BCUT2D eigenvalue weighted by molar-refractivity contribution is 0.724. The van der Waals surface area contributed by atoms with Gasteiger partial charge in [0.25, 0.3) is 0 Å². The fourth-order valence-corrected chi connectivity index (χ4v) is 15.4. The average molecular weight is 287 g/mol. The first kappa shape index (κ1) is 18.4. The molecule has 0 saturated carbocycles. The Bertz CT molecular complexity index is 240. The fraction of sp³-hybridized carbons (Fsp3) is 1.00. The molecule has 0 aromatic heterocycles. The van der Waals surface area contributed by atoms with Crippen molar-refractivity contribution in [2.75, 3.05) is 0 Å². The second kappa shape index (κ2) is 5.80. The third kappa shape index (κ3) is 3.48. The third-order valence-corrected chi connectivity index (χ3v) is 18.1. The molecule has 0 amide bonds. The summed E-state index contributed by atoms with van der Waals surface area (Å²) < 4.78 is 5.69. The first-order chi connectivity index (χ1) is 7.79. The number of hydrogen-bond donors (Lipinski definition) is 0. The van der Waals surface area contributed by atoms with Crippen molar-refractivity contribution in [3.8, 4) is 0 Å². The minimum absolute atomic E-state index is 0.365. The molecule has 0 unspecified atom stereocenters. The summed E-state index contributed by atoms with van der Waals surface area (Å²) in [7, 11) is -3.13. The van der Waals surface area contributed by atoms with Crippen LogP contribution in [0.4, 0.5) is 0 Å². The molecular formula is C15H36NSi2-. The lowest BCUT2D eigenvalue weighted by Crippen LogP contribution is -2.53. The van der Waals surface area contributed by atoms with Crippen molar-refractivity contribution in [3.63, 3.8) is 0 Å². The molecule has 0 N–H and O–H groups in total. The maximum atomic E-state index is 5.69. The molecule has 0 aromatic rings. The Morgan fingerprint density at radius 2 is 1.00 bits per heavy atom. The van der Waals surface area contributed by atoms with Crippen molar-refractivity contribution in [3.05, 3.63) is 4.65 Å². The van der Waals surface area contributed by atoms with Crippen LogP contribution in [0.25, 0.3) is 4.65 Å². The fourth-order valence-electron chi connectivity index (χ4n) is 3.04. The number of nitrogens with zero attached hydrogens (tertiary/aromatic N) is 1. The molecule has 0 aliphatic carbocycles. The number of rotatable bonds is 5. The van der Waals surface area contributed by atoms with Crippen molar-refractivity contribution in [2.24, 2.45) is 0 Å². The van der Waals surface area contributed by atoms with Gasteiger partial charge >= 0.3 is 0 Å². The smallest absolute Gasteiger partial charge is 0.0484 e. The second-order valence-corrected chi connectivity index (χ2v) is 19.0. The van der Waals surface area contributed by atoms with E-state index < -0.39 is 16.5 Å². The van der Waals surface area contributed by atoms with Gasteiger partial charge in [0.2, 0.25) is 0 Å². The summed E-state index contributed by atoms with van der Waals surface area (Å²) >= 11 is 0. The van der Waals surface area contributed by atoms with Crippen molar-refractivity contribution in [1.82, 2.24) is 0 Å². The molecule has 0 radical (unpaired) electrons. The lowest BCUT2D eigenvalue weighted by atomic mass is 10.2. The van der Waals surface area contributed by atoms with Gasteiger partial charge in [-0.1, -0.05) is 105 Å². The van der Waals surface area contributed by atoms with E-state index in [2.05, 4.69) is 75.4 Å². The Morgan fingerprint density at radius 1 is 0.722 bits per heavy atom. The van der Waals surface area contributed by atoms with E-state index in [1.165, 1.54) is 0 Å². The third-order valence-electron chi connectivity index (χ3n) is 5.08. The summed E-state index contributed by atoms with van der Waals surface area (Å²) in [4.78, 5) is 0. The molecule has 0 saturated heterocycles. The Morgan fingerprint density at radius 3 is 1.17 bits per heavy atom. The highest BCUT2D eigenvalue weighted by Crippen LogP contribution is 2.52. The maximum absolute atomic E-state index is 5.69. The molecule has 0 spiro atoms. The summed E-state index contributed by atoms with van der Waals surface area (Å²) in [5, 5.41) is 0.365. The molecule has 110 valence electrons. The SMILES string of the molecule is CC(C)[Si]([N-][Si](C)(C)C(C)(C)C)(C(C)C)C(C)C. The molecule has 0 aliphatic heterocycles. The molecule has 0 aliphatic rings. The van der Waals surface area contributed by atoms with Gasteiger partial charge in [0.1, 0.15) is 0 Å². The van der Waals surface area contributed by atoms with Gasteiger partial charge in [0, 0.05) is 0 Å². The Hall–Kier alpha value is 0.394. The summed E-state index contributed by atoms with van der Waals surface area (Å²) in [6, 6.07) is 0. The van der Waals surface area contributed by atoms with Crippen LogP contribution in [0, 0.1) is 0 Å². The molecule has 3 heteroatoms. The predicted octanol–water partition coefficient (Wildman–Crippen LogP) is 6.54. The van der Waals surface area contributed by atoms with E-state index in [9.17, 15) is 0 Å². The van der Waals surface area contributed by atoms with Crippen LogP contribution in [0.2, 0.25) is 34.8 Å². The lowest BCUT2D eigenvalue weighted by Gasteiger charge is -2.64. The van der Waals surface area contributed by atoms with E-state index >= 15 is 0 Å². The number of hydrogen-bond acceptors (Lipinski definition) is 0. The van der Waals surface area contributed by atoms with E-state index in [0.717, 1.165) is 16.6 Å². The van der Waals surface area contributed by atoms with Gasteiger partial charge in [-0.15, -0.1) is 0 Å². The minimum atomic E-state index is -1.59. The summed E-state index contributed by atoms with van der Waals surface area (Å²) in [6.07, 6.45) is 0. The second-order valence-electron chi connectivity index (χ2n) is 8.27. The Labute approximate surface area is 118 Å². The first-order valence-corrected chi connectivity index (χ1v) is 12.7. The van der Waals surface area contributed by atoms with Crippen LogP contribution in [0.3, 0.4) is 0 Å². The minimum Gasteiger partial charge on any atom is -0.666 e. The molecule has 0 atom stereocenters. The van der Waals surface area contributed by atoms with Crippen molar-refractivity contribution in [2.45, 2.75) is 97.1 Å². The van der Waals surface area contributed by atoms with Crippen LogP contribution < -0.4 is 0 Å². The average Bonchev–Trinajstić information content (AvgIpc) is 2.10. The van der Waals surface area contributed by atoms with Gasteiger partial charge in [0.05, 0.1) is 0 Å². The molecule has 0 fully saturated rings. The van der Waals surface area contributed by atoms with Gasteiger partial charge in [-0.3, -0.25) is 0 Å². The van der Waals surface area contributed by atoms with E-state index in [0.29, 0.717) is 5.04 Å². The molecular weight excluding hydrogens is 250 g/mol. The summed E-state index contributed by atoms with van der Waals surface area (Å²) in [6.45, 7) is 26.5. The van der Waals surface area contributed by atoms with Crippen molar-refractivity contribution >= 4 is 16.5 Å². The molecule has 0 rings (SSSR count). The van der Waals surface area contributed by atoms with E-state index in [1.54, 1.807) is 0 Å². The van der Waals surface area contributed by atoms with Crippen LogP contribution in [-0.4, -0.2) is 16.5 Å².